The second kappa shape index (κ2) is 12.5. The van der Waals surface area contributed by atoms with Crippen LogP contribution in [-0.2, 0) is 0 Å². The molecule has 3 nitrogen and oxygen atoms in total. The SMILES string of the molecule is Cc1cc(OCCC2CCCN2C)ccc1/C(=C(/CCCO)c1ccccc1)c1ccc(Br)cc1. The van der Waals surface area contributed by atoms with Gasteiger partial charge in [0, 0.05) is 17.1 Å². The van der Waals surface area contributed by atoms with E-state index < -0.39 is 0 Å². The number of halogens is 1. The molecular formula is C31H36BrNO2. The van der Waals surface area contributed by atoms with Gasteiger partial charge in [0.25, 0.3) is 0 Å². The molecule has 0 aliphatic carbocycles. The van der Waals surface area contributed by atoms with Crippen molar-refractivity contribution in [1.29, 1.82) is 0 Å². The van der Waals surface area contributed by atoms with Crippen molar-refractivity contribution in [3.8, 4) is 5.75 Å². The zero-order valence-electron chi connectivity index (χ0n) is 20.8. The molecule has 0 bridgehead atoms. The van der Waals surface area contributed by atoms with Gasteiger partial charge >= 0.3 is 0 Å². The van der Waals surface area contributed by atoms with Gasteiger partial charge in [-0.05, 0) is 110 Å². The van der Waals surface area contributed by atoms with Crippen molar-refractivity contribution >= 4 is 27.1 Å². The average molecular weight is 535 g/mol. The maximum Gasteiger partial charge on any atom is 0.119 e. The minimum Gasteiger partial charge on any atom is -0.494 e. The first-order chi connectivity index (χ1) is 17.1. The van der Waals surface area contributed by atoms with Crippen LogP contribution in [0.5, 0.6) is 5.75 Å². The summed E-state index contributed by atoms with van der Waals surface area (Å²) in [5, 5.41) is 9.64. The van der Waals surface area contributed by atoms with Gasteiger partial charge in [-0.3, -0.25) is 0 Å². The van der Waals surface area contributed by atoms with E-state index in [0.29, 0.717) is 6.04 Å². The molecule has 0 amide bonds. The Bertz CT molecular complexity index is 1120. The fourth-order valence-electron chi connectivity index (χ4n) is 5.08. The van der Waals surface area contributed by atoms with Crippen molar-refractivity contribution < 1.29 is 9.84 Å². The number of ether oxygens (including phenoxy) is 1. The standard InChI is InChI=1S/C31H36BrNO2/c1-23-22-28(35-21-18-27-10-6-19-33(27)2)16-17-29(23)31(25-12-14-26(32)15-13-25)30(11-7-20-34)24-8-4-3-5-9-24/h3-5,8-9,12-17,22,27,34H,6-7,10-11,18-21H2,1-2H3/b31-30-. The molecule has 0 spiro atoms. The van der Waals surface area contributed by atoms with Gasteiger partial charge in [0.2, 0.25) is 0 Å². The third-order valence-electron chi connectivity index (χ3n) is 7.00. The van der Waals surface area contributed by atoms with Crippen LogP contribution in [0.25, 0.3) is 11.1 Å². The Morgan fingerprint density at radius 1 is 1.03 bits per heavy atom. The molecule has 4 heteroatoms. The third kappa shape index (κ3) is 6.63. The van der Waals surface area contributed by atoms with Crippen molar-refractivity contribution in [1.82, 2.24) is 4.90 Å². The molecule has 1 aliphatic heterocycles. The quantitative estimate of drug-likeness (QED) is 0.276. The van der Waals surface area contributed by atoms with Crippen LogP contribution < -0.4 is 4.74 Å². The van der Waals surface area contributed by atoms with E-state index in [9.17, 15) is 5.11 Å². The van der Waals surface area contributed by atoms with E-state index in [1.165, 1.54) is 52.8 Å². The van der Waals surface area contributed by atoms with E-state index in [-0.39, 0.29) is 6.61 Å². The van der Waals surface area contributed by atoms with Crippen LogP contribution in [0.3, 0.4) is 0 Å². The van der Waals surface area contributed by atoms with Gasteiger partial charge in [-0.1, -0.05) is 64.5 Å². The molecule has 35 heavy (non-hydrogen) atoms. The number of hydrogen-bond acceptors (Lipinski definition) is 3. The molecule has 1 aliphatic rings. The number of allylic oxidation sites excluding steroid dienone is 1. The maximum atomic E-state index is 9.64. The first-order valence-electron chi connectivity index (χ1n) is 12.7. The lowest BCUT2D eigenvalue weighted by molar-refractivity contribution is 0.233. The summed E-state index contributed by atoms with van der Waals surface area (Å²) >= 11 is 3.58. The molecule has 0 saturated carbocycles. The molecule has 1 heterocycles. The zero-order chi connectivity index (χ0) is 24.6. The van der Waals surface area contributed by atoms with E-state index in [0.717, 1.165) is 36.1 Å². The smallest absolute Gasteiger partial charge is 0.119 e. The normalized spacial score (nSPS) is 16.9. The lowest BCUT2D eigenvalue weighted by Gasteiger charge is -2.21. The fourth-order valence-corrected chi connectivity index (χ4v) is 5.35. The van der Waals surface area contributed by atoms with E-state index in [1.54, 1.807) is 0 Å². The molecule has 3 aromatic rings. The van der Waals surface area contributed by atoms with Crippen molar-refractivity contribution in [2.75, 3.05) is 26.8 Å². The Hall–Kier alpha value is -2.40. The molecule has 0 radical (unpaired) electrons. The maximum absolute atomic E-state index is 9.64. The van der Waals surface area contributed by atoms with Crippen LogP contribution in [-0.4, -0.2) is 42.9 Å². The van der Waals surface area contributed by atoms with Gasteiger partial charge in [0.05, 0.1) is 6.61 Å². The topological polar surface area (TPSA) is 32.7 Å². The van der Waals surface area contributed by atoms with Crippen LogP contribution in [0.4, 0.5) is 0 Å². The molecular weight excluding hydrogens is 498 g/mol. The van der Waals surface area contributed by atoms with Gasteiger partial charge in [-0.25, -0.2) is 0 Å². The predicted octanol–water partition coefficient (Wildman–Crippen LogP) is 7.35. The summed E-state index contributed by atoms with van der Waals surface area (Å²) in [5.41, 5.74) is 7.23. The van der Waals surface area contributed by atoms with Crippen molar-refractivity contribution in [3.63, 3.8) is 0 Å². The lowest BCUT2D eigenvalue weighted by atomic mass is 9.85. The van der Waals surface area contributed by atoms with E-state index in [1.807, 2.05) is 6.07 Å². The summed E-state index contributed by atoms with van der Waals surface area (Å²) in [4.78, 5) is 2.45. The molecule has 184 valence electrons. The van der Waals surface area contributed by atoms with Crippen LogP contribution in [0.15, 0.2) is 77.3 Å². The third-order valence-corrected chi connectivity index (χ3v) is 7.53. The Kier molecular flexibility index (Phi) is 9.19. The second-order valence-corrected chi connectivity index (χ2v) is 10.4. The number of rotatable bonds is 10. The molecule has 1 atom stereocenters. The first kappa shape index (κ1) is 25.7. The molecule has 1 N–H and O–H groups in total. The molecule has 1 fully saturated rings. The van der Waals surface area contributed by atoms with Crippen LogP contribution >= 0.6 is 15.9 Å². The van der Waals surface area contributed by atoms with E-state index in [4.69, 9.17) is 4.74 Å². The highest BCUT2D eigenvalue weighted by atomic mass is 79.9. The number of aliphatic hydroxyl groups excluding tert-OH is 1. The van der Waals surface area contributed by atoms with Crippen LogP contribution in [0.1, 0.15) is 54.4 Å². The van der Waals surface area contributed by atoms with E-state index >= 15 is 0 Å². The number of aryl methyl sites for hydroxylation is 1. The summed E-state index contributed by atoms with van der Waals surface area (Å²) < 4.78 is 7.24. The lowest BCUT2D eigenvalue weighted by Crippen LogP contribution is -2.26. The number of likely N-dealkylation sites (tertiary alicyclic amines) is 1. The second-order valence-electron chi connectivity index (χ2n) is 9.44. The molecule has 3 aromatic carbocycles. The van der Waals surface area contributed by atoms with Gasteiger partial charge in [0.15, 0.2) is 0 Å². The molecule has 4 rings (SSSR count). The molecule has 0 aromatic heterocycles. The number of hydrogen-bond donors (Lipinski definition) is 1. The van der Waals surface area contributed by atoms with Crippen molar-refractivity contribution in [3.05, 3.63) is 99.5 Å². The Morgan fingerprint density at radius 3 is 2.46 bits per heavy atom. The van der Waals surface area contributed by atoms with Crippen molar-refractivity contribution in [2.24, 2.45) is 0 Å². The predicted molar refractivity (Wildman–Crippen MR) is 150 cm³/mol. The van der Waals surface area contributed by atoms with Gasteiger partial charge in [-0.2, -0.15) is 0 Å². The minimum atomic E-state index is 0.173. The number of aliphatic hydroxyl groups is 1. The van der Waals surface area contributed by atoms with Crippen LogP contribution in [0.2, 0.25) is 0 Å². The number of benzene rings is 3. The summed E-state index contributed by atoms with van der Waals surface area (Å²) in [7, 11) is 2.22. The summed E-state index contributed by atoms with van der Waals surface area (Å²) in [6.45, 7) is 4.28. The van der Waals surface area contributed by atoms with Gasteiger partial charge < -0.3 is 14.7 Å². The zero-order valence-corrected chi connectivity index (χ0v) is 22.4. The minimum absolute atomic E-state index is 0.173. The van der Waals surface area contributed by atoms with Gasteiger partial charge in [-0.15, -0.1) is 0 Å². The summed E-state index contributed by atoms with van der Waals surface area (Å²) in [6.07, 6.45) is 5.16. The van der Waals surface area contributed by atoms with Crippen molar-refractivity contribution in [2.45, 2.75) is 45.1 Å². The highest BCUT2D eigenvalue weighted by molar-refractivity contribution is 9.10. The molecule has 1 unspecified atom stereocenters. The van der Waals surface area contributed by atoms with Crippen LogP contribution in [0, 0.1) is 6.92 Å². The average Bonchev–Trinajstić information content (AvgIpc) is 3.28. The first-order valence-corrected chi connectivity index (χ1v) is 13.5. The highest BCUT2D eigenvalue weighted by Crippen LogP contribution is 2.38. The summed E-state index contributed by atoms with van der Waals surface area (Å²) in [5.74, 6) is 0.929. The Balaban J connectivity index is 1.69. The van der Waals surface area contributed by atoms with Gasteiger partial charge in [0.1, 0.15) is 5.75 Å². The Labute approximate surface area is 218 Å². The van der Waals surface area contributed by atoms with E-state index in [2.05, 4.69) is 102 Å². The summed E-state index contributed by atoms with van der Waals surface area (Å²) in [6, 6.07) is 26.2. The largest absolute Gasteiger partial charge is 0.494 e. The monoisotopic (exact) mass is 533 g/mol. The fraction of sp³-hybridized carbons (Fsp3) is 0.355. The molecule has 1 saturated heterocycles. The Morgan fingerprint density at radius 2 is 1.80 bits per heavy atom. The number of nitrogens with zero attached hydrogens (tertiary/aromatic N) is 1. The highest BCUT2D eigenvalue weighted by Gasteiger charge is 2.21.